The highest BCUT2D eigenvalue weighted by atomic mass is 16.6. The third-order valence-corrected chi connectivity index (χ3v) is 2.60. The standard InChI is InChI=1S/C13H17N3O5/c1-8-4-5-10(11(6-8)16(19)20)15-13(18)12(17)14-9(2)7-21-3/h4-6,9H,7H2,1-3H3,(H,14,17)(H,15,18). The molecule has 0 aliphatic heterocycles. The highest BCUT2D eigenvalue weighted by molar-refractivity contribution is 6.39. The van der Waals surface area contributed by atoms with Gasteiger partial charge in [-0.1, -0.05) is 6.07 Å². The van der Waals surface area contributed by atoms with Crippen LogP contribution in [0, 0.1) is 17.0 Å². The van der Waals surface area contributed by atoms with Crippen LogP contribution in [0.4, 0.5) is 11.4 Å². The smallest absolute Gasteiger partial charge is 0.313 e. The van der Waals surface area contributed by atoms with Gasteiger partial charge >= 0.3 is 11.8 Å². The maximum absolute atomic E-state index is 11.7. The molecule has 1 atom stereocenters. The van der Waals surface area contributed by atoms with Gasteiger partial charge in [-0.2, -0.15) is 0 Å². The zero-order valence-corrected chi connectivity index (χ0v) is 12.0. The van der Waals surface area contributed by atoms with E-state index >= 15 is 0 Å². The molecule has 0 fully saturated rings. The van der Waals surface area contributed by atoms with Gasteiger partial charge in [0, 0.05) is 19.2 Å². The molecular formula is C13H17N3O5. The average molecular weight is 295 g/mol. The summed E-state index contributed by atoms with van der Waals surface area (Å²) in [6, 6.07) is 3.97. The van der Waals surface area contributed by atoms with Crippen LogP contribution in [0.25, 0.3) is 0 Å². The predicted molar refractivity (Wildman–Crippen MR) is 75.9 cm³/mol. The Kier molecular flexibility index (Phi) is 5.79. The molecule has 1 rings (SSSR count). The first-order valence-corrected chi connectivity index (χ1v) is 6.21. The second-order valence-corrected chi connectivity index (χ2v) is 4.56. The molecular weight excluding hydrogens is 278 g/mol. The number of benzene rings is 1. The SMILES string of the molecule is COCC(C)NC(=O)C(=O)Nc1ccc(C)cc1[N+](=O)[O-]. The van der Waals surface area contributed by atoms with E-state index in [2.05, 4.69) is 10.6 Å². The summed E-state index contributed by atoms with van der Waals surface area (Å²) in [7, 11) is 1.47. The monoisotopic (exact) mass is 295 g/mol. The van der Waals surface area contributed by atoms with Crippen LogP contribution >= 0.6 is 0 Å². The van der Waals surface area contributed by atoms with E-state index in [1.54, 1.807) is 19.9 Å². The Morgan fingerprint density at radius 1 is 1.38 bits per heavy atom. The summed E-state index contributed by atoms with van der Waals surface area (Å²) in [6.45, 7) is 3.62. The number of rotatable bonds is 5. The maximum Gasteiger partial charge on any atom is 0.313 e. The summed E-state index contributed by atoms with van der Waals surface area (Å²) in [6.07, 6.45) is 0. The minimum Gasteiger partial charge on any atom is -0.383 e. The van der Waals surface area contributed by atoms with Gasteiger partial charge in [-0.15, -0.1) is 0 Å². The van der Waals surface area contributed by atoms with Crippen LogP contribution in [-0.4, -0.2) is 36.5 Å². The van der Waals surface area contributed by atoms with Crippen molar-refractivity contribution in [3.05, 3.63) is 33.9 Å². The van der Waals surface area contributed by atoms with E-state index in [0.29, 0.717) is 5.56 Å². The number of nitrogens with zero attached hydrogens (tertiary/aromatic N) is 1. The Labute approximate surface area is 121 Å². The van der Waals surface area contributed by atoms with Crippen LogP contribution in [0.2, 0.25) is 0 Å². The third kappa shape index (κ3) is 4.84. The van der Waals surface area contributed by atoms with E-state index in [-0.39, 0.29) is 24.0 Å². The molecule has 8 nitrogen and oxygen atoms in total. The quantitative estimate of drug-likeness (QED) is 0.478. The molecule has 114 valence electrons. The van der Waals surface area contributed by atoms with Crippen molar-refractivity contribution >= 4 is 23.2 Å². The first-order chi connectivity index (χ1) is 9.85. The zero-order valence-electron chi connectivity index (χ0n) is 12.0. The molecule has 21 heavy (non-hydrogen) atoms. The number of anilines is 1. The molecule has 1 aromatic rings. The van der Waals surface area contributed by atoms with Gasteiger partial charge in [0.05, 0.1) is 11.5 Å². The fourth-order valence-corrected chi connectivity index (χ4v) is 1.66. The molecule has 0 bridgehead atoms. The van der Waals surface area contributed by atoms with Crippen molar-refractivity contribution in [3.63, 3.8) is 0 Å². The van der Waals surface area contributed by atoms with Gasteiger partial charge in [-0.05, 0) is 25.5 Å². The van der Waals surface area contributed by atoms with E-state index in [9.17, 15) is 19.7 Å². The number of methoxy groups -OCH3 is 1. The molecule has 2 N–H and O–H groups in total. The molecule has 1 aromatic carbocycles. The highest BCUT2D eigenvalue weighted by Gasteiger charge is 2.21. The highest BCUT2D eigenvalue weighted by Crippen LogP contribution is 2.25. The Morgan fingerprint density at radius 3 is 2.62 bits per heavy atom. The third-order valence-electron chi connectivity index (χ3n) is 2.60. The largest absolute Gasteiger partial charge is 0.383 e. The van der Waals surface area contributed by atoms with Gasteiger partial charge in [-0.25, -0.2) is 0 Å². The zero-order chi connectivity index (χ0) is 16.0. The lowest BCUT2D eigenvalue weighted by molar-refractivity contribution is -0.384. The first-order valence-electron chi connectivity index (χ1n) is 6.21. The van der Waals surface area contributed by atoms with Crippen LogP contribution in [-0.2, 0) is 14.3 Å². The number of nitrogens with one attached hydrogen (secondary N) is 2. The number of nitro groups is 1. The Balaban J connectivity index is 2.79. The number of nitro benzene ring substituents is 1. The molecule has 1 unspecified atom stereocenters. The van der Waals surface area contributed by atoms with E-state index in [4.69, 9.17) is 4.74 Å². The topological polar surface area (TPSA) is 111 Å². The summed E-state index contributed by atoms with van der Waals surface area (Å²) >= 11 is 0. The fraction of sp³-hybridized carbons (Fsp3) is 0.385. The van der Waals surface area contributed by atoms with Crippen molar-refractivity contribution in [2.24, 2.45) is 0 Å². The summed E-state index contributed by atoms with van der Waals surface area (Å²) in [5.41, 5.74) is 0.393. The van der Waals surface area contributed by atoms with Crippen LogP contribution in [0.1, 0.15) is 12.5 Å². The molecule has 0 heterocycles. The summed E-state index contributed by atoms with van der Waals surface area (Å²) in [5, 5.41) is 15.6. The molecule has 0 aliphatic carbocycles. The van der Waals surface area contributed by atoms with Crippen molar-refractivity contribution in [3.8, 4) is 0 Å². The van der Waals surface area contributed by atoms with E-state index in [1.807, 2.05) is 0 Å². The first kappa shape index (κ1) is 16.6. The number of carbonyl (C=O) groups is 2. The lowest BCUT2D eigenvalue weighted by Crippen LogP contribution is -2.42. The van der Waals surface area contributed by atoms with Gasteiger partial charge < -0.3 is 15.4 Å². The second-order valence-electron chi connectivity index (χ2n) is 4.56. The molecule has 0 saturated heterocycles. The summed E-state index contributed by atoms with van der Waals surface area (Å²) in [4.78, 5) is 33.7. The number of aryl methyl sites for hydroxylation is 1. The predicted octanol–water partition coefficient (Wildman–Crippen LogP) is 0.993. The summed E-state index contributed by atoms with van der Waals surface area (Å²) in [5.74, 6) is -1.85. The molecule has 0 radical (unpaired) electrons. The Morgan fingerprint density at radius 2 is 2.05 bits per heavy atom. The molecule has 0 aliphatic rings. The van der Waals surface area contributed by atoms with E-state index in [0.717, 1.165) is 0 Å². The van der Waals surface area contributed by atoms with E-state index < -0.39 is 16.7 Å². The minimum atomic E-state index is -0.968. The second kappa shape index (κ2) is 7.34. The Hall–Kier alpha value is -2.48. The molecule has 0 aromatic heterocycles. The molecule has 2 amide bonds. The van der Waals surface area contributed by atoms with Crippen LogP contribution < -0.4 is 10.6 Å². The lowest BCUT2D eigenvalue weighted by atomic mass is 10.2. The number of hydrogen-bond acceptors (Lipinski definition) is 5. The lowest BCUT2D eigenvalue weighted by Gasteiger charge is -2.12. The summed E-state index contributed by atoms with van der Waals surface area (Å²) < 4.78 is 4.83. The number of hydrogen-bond donors (Lipinski definition) is 2. The van der Waals surface area contributed by atoms with Crippen LogP contribution in [0.3, 0.4) is 0 Å². The maximum atomic E-state index is 11.7. The normalized spacial score (nSPS) is 11.6. The van der Waals surface area contributed by atoms with Crippen molar-refractivity contribution in [2.75, 3.05) is 19.0 Å². The van der Waals surface area contributed by atoms with E-state index in [1.165, 1.54) is 19.2 Å². The van der Waals surface area contributed by atoms with Crippen LogP contribution in [0.5, 0.6) is 0 Å². The van der Waals surface area contributed by atoms with Gasteiger partial charge in [0.25, 0.3) is 5.69 Å². The average Bonchev–Trinajstić information content (AvgIpc) is 2.40. The number of carbonyl (C=O) groups excluding carboxylic acids is 2. The van der Waals surface area contributed by atoms with Crippen molar-refractivity contribution in [1.29, 1.82) is 0 Å². The fourth-order valence-electron chi connectivity index (χ4n) is 1.66. The Bertz CT molecular complexity index is 559. The van der Waals surface area contributed by atoms with Gasteiger partial charge in [0.15, 0.2) is 0 Å². The van der Waals surface area contributed by atoms with Crippen molar-refractivity contribution in [1.82, 2.24) is 5.32 Å². The van der Waals surface area contributed by atoms with Crippen molar-refractivity contribution in [2.45, 2.75) is 19.9 Å². The number of amides is 2. The van der Waals surface area contributed by atoms with Gasteiger partial charge in [-0.3, -0.25) is 19.7 Å². The van der Waals surface area contributed by atoms with Crippen molar-refractivity contribution < 1.29 is 19.2 Å². The molecule has 8 heteroatoms. The van der Waals surface area contributed by atoms with Crippen LogP contribution in [0.15, 0.2) is 18.2 Å². The van der Waals surface area contributed by atoms with Gasteiger partial charge in [0.1, 0.15) is 5.69 Å². The molecule has 0 saturated carbocycles. The molecule has 0 spiro atoms. The van der Waals surface area contributed by atoms with Gasteiger partial charge in [0.2, 0.25) is 0 Å². The minimum absolute atomic E-state index is 0.0230. The number of ether oxygens (including phenoxy) is 1.